The number of hydrazone groups is 1. The molecule has 0 aliphatic heterocycles. The molecule has 2 aromatic rings. The number of benzene rings is 2. The molecule has 2 aromatic carbocycles. The van der Waals surface area contributed by atoms with Crippen molar-refractivity contribution in [3.05, 3.63) is 53.1 Å². The van der Waals surface area contributed by atoms with E-state index in [0.717, 1.165) is 11.1 Å². The molecule has 0 aromatic heterocycles. The van der Waals surface area contributed by atoms with Crippen LogP contribution in [0.25, 0.3) is 0 Å². The Bertz CT molecular complexity index is 802. The first kappa shape index (κ1) is 19.3. The maximum Gasteiger partial charge on any atom is 0.280 e. The summed E-state index contributed by atoms with van der Waals surface area (Å²) in [5.74, 6) is 1.54. The van der Waals surface area contributed by atoms with E-state index < -0.39 is 6.10 Å². The average Bonchev–Trinajstić information content (AvgIpc) is 2.64. The summed E-state index contributed by atoms with van der Waals surface area (Å²) in [5.41, 5.74) is 5.53. The lowest BCUT2D eigenvalue weighted by molar-refractivity contribution is -0.127. The van der Waals surface area contributed by atoms with E-state index in [1.54, 1.807) is 33.3 Å². The number of aryl methyl sites for hydroxylation is 2. The Balaban J connectivity index is 1.94. The first-order chi connectivity index (χ1) is 12.4. The molecule has 0 saturated carbocycles. The quantitative estimate of drug-likeness (QED) is 0.611. The highest BCUT2D eigenvalue weighted by molar-refractivity contribution is 5.84. The van der Waals surface area contributed by atoms with Crippen molar-refractivity contribution >= 4 is 12.1 Å². The molecule has 0 fully saturated rings. The van der Waals surface area contributed by atoms with Gasteiger partial charge in [0.15, 0.2) is 17.6 Å². The third-order valence-corrected chi connectivity index (χ3v) is 3.96. The standard InChI is InChI=1S/C20H24N2O4/c1-13-6-8-17(10-14(13)2)26-15(3)20(23)22-21-12-16-7-9-18(24-4)19(11-16)25-5/h6-12,15H,1-5H3,(H,22,23)/b21-12+. The Kier molecular flexibility index (Phi) is 6.60. The van der Waals surface area contributed by atoms with Crippen molar-refractivity contribution in [3.8, 4) is 17.2 Å². The normalized spacial score (nSPS) is 11.9. The van der Waals surface area contributed by atoms with E-state index in [4.69, 9.17) is 14.2 Å². The smallest absolute Gasteiger partial charge is 0.280 e. The van der Waals surface area contributed by atoms with Crippen molar-refractivity contribution in [2.75, 3.05) is 14.2 Å². The van der Waals surface area contributed by atoms with Gasteiger partial charge in [-0.25, -0.2) is 5.43 Å². The molecule has 26 heavy (non-hydrogen) atoms. The molecule has 0 spiro atoms. The third-order valence-electron chi connectivity index (χ3n) is 3.96. The van der Waals surface area contributed by atoms with Crippen molar-refractivity contribution in [3.63, 3.8) is 0 Å². The van der Waals surface area contributed by atoms with Crippen LogP contribution in [0.4, 0.5) is 0 Å². The molecule has 6 nitrogen and oxygen atoms in total. The van der Waals surface area contributed by atoms with Crippen LogP contribution in [0.5, 0.6) is 17.2 Å². The zero-order valence-corrected chi connectivity index (χ0v) is 15.7. The van der Waals surface area contributed by atoms with Crippen LogP contribution in [-0.4, -0.2) is 32.4 Å². The average molecular weight is 356 g/mol. The van der Waals surface area contributed by atoms with Gasteiger partial charge >= 0.3 is 0 Å². The van der Waals surface area contributed by atoms with Crippen LogP contribution in [0.1, 0.15) is 23.6 Å². The summed E-state index contributed by atoms with van der Waals surface area (Å²) < 4.78 is 16.1. The van der Waals surface area contributed by atoms with Gasteiger partial charge in [0, 0.05) is 0 Å². The summed E-state index contributed by atoms with van der Waals surface area (Å²) >= 11 is 0. The topological polar surface area (TPSA) is 69.2 Å². The van der Waals surface area contributed by atoms with E-state index in [0.29, 0.717) is 17.2 Å². The van der Waals surface area contributed by atoms with Crippen molar-refractivity contribution in [1.29, 1.82) is 0 Å². The monoisotopic (exact) mass is 356 g/mol. The van der Waals surface area contributed by atoms with Gasteiger partial charge in [-0.3, -0.25) is 4.79 Å². The zero-order chi connectivity index (χ0) is 19.1. The fraction of sp³-hybridized carbons (Fsp3) is 0.300. The summed E-state index contributed by atoms with van der Waals surface area (Å²) in [4.78, 5) is 12.1. The van der Waals surface area contributed by atoms with Crippen LogP contribution in [0.15, 0.2) is 41.5 Å². The Morgan fingerprint density at radius 3 is 2.42 bits per heavy atom. The fourth-order valence-corrected chi connectivity index (χ4v) is 2.24. The van der Waals surface area contributed by atoms with E-state index in [-0.39, 0.29) is 5.91 Å². The number of amides is 1. The number of carbonyl (C=O) groups is 1. The molecule has 0 saturated heterocycles. The summed E-state index contributed by atoms with van der Waals surface area (Å²) in [7, 11) is 3.13. The fourth-order valence-electron chi connectivity index (χ4n) is 2.24. The Morgan fingerprint density at radius 2 is 1.77 bits per heavy atom. The molecule has 0 aliphatic rings. The number of hydrogen-bond donors (Lipinski definition) is 1. The molecule has 2 rings (SSSR count). The van der Waals surface area contributed by atoms with E-state index in [1.165, 1.54) is 11.8 Å². The van der Waals surface area contributed by atoms with E-state index >= 15 is 0 Å². The lowest BCUT2D eigenvalue weighted by Crippen LogP contribution is -2.33. The molecular formula is C20H24N2O4. The van der Waals surface area contributed by atoms with Gasteiger partial charge in [-0.05, 0) is 67.8 Å². The molecule has 1 N–H and O–H groups in total. The molecular weight excluding hydrogens is 332 g/mol. The van der Waals surface area contributed by atoms with Gasteiger partial charge in [0.25, 0.3) is 5.91 Å². The van der Waals surface area contributed by atoms with Gasteiger partial charge < -0.3 is 14.2 Å². The summed E-state index contributed by atoms with van der Waals surface area (Å²) in [5, 5.41) is 3.97. The molecule has 0 aliphatic carbocycles. The van der Waals surface area contributed by atoms with Crippen molar-refractivity contribution < 1.29 is 19.0 Å². The predicted molar refractivity (Wildman–Crippen MR) is 101 cm³/mol. The second-order valence-corrected chi connectivity index (χ2v) is 5.85. The lowest BCUT2D eigenvalue weighted by atomic mass is 10.1. The van der Waals surface area contributed by atoms with Crippen molar-refractivity contribution in [2.24, 2.45) is 5.10 Å². The minimum Gasteiger partial charge on any atom is -0.493 e. The first-order valence-electron chi connectivity index (χ1n) is 8.23. The number of nitrogens with one attached hydrogen (secondary N) is 1. The Hall–Kier alpha value is -3.02. The third kappa shape index (κ3) is 4.99. The molecule has 0 heterocycles. The maximum atomic E-state index is 12.1. The van der Waals surface area contributed by atoms with Crippen LogP contribution in [0.3, 0.4) is 0 Å². The van der Waals surface area contributed by atoms with Crippen LogP contribution in [0.2, 0.25) is 0 Å². The minimum atomic E-state index is -0.667. The van der Waals surface area contributed by atoms with E-state index in [1.807, 2.05) is 38.1 Å². The molecule has 1 atom stereocenters. The highest BCUT2D eigenvalue weighted by Crippen LogP contribution is 2.26. The van der Waals surface area contributed by atoms with E-state index in [2.05, 4.69) is 10.5 Å². The largest absolute Gasteiger partial charge is 0.493 e. The molecule has 0 bridgehead atoms. The van der Waals surface area contributed by atoms with Crippen LogP contribution < -0.4 is 19.6 Å². The second kappa shape index (κ2) is 8.89. The minimum absolute atomic E-state index is 0.333. The lowest BCUT2D eigenvalue weighted by Gasteiger charge is -2.14. The predicted octanol–water partition coefficient (Wildman–Crippen LogP) is 3.24. The zero-order valence-electron chi connectivity index (χ0n) is 15.7. The van der Waals surface area contributed by atoms with Gasteiger partial charge in [-0.2, -0.15) is 5.10 Å². The van der Waals surface area contributed by atoms with Crippen molar-refractivity contribution in [1.82, 2.24) is 5.43 Å². The first-order valence-corrected chi connectivity index (χ1v) is 8.23. The summed E-state index contributed by atoms with van der Waals surface area (Å²) in [6.07, 6.45) is 0.863. The van der Waals surface area contributed by atoms with Crippen LogP contribution >= 0.6 is 0 Å². The van der Waals surface area contributed by atoms with Gasteiger partial charge in [-0.15, -0.1) is 0 Å². The Labute approximate surface area is 153 Å². The number of carbonyl (C=O) groups excluding carboxylic acids is 1. The highest BCUT2D eigenvalue weighted by atomic mass is 16.5. The van der Waals surface area contributed by atoms with Gasteiger partial charge in [0.05, 0.1) is 20.4 Å². The van der Waals surface area contributed by atoms with E-state index in [9.17, 15) is 4.79 Å². The summed E-state index contributed by atoms with van der Waals surface area (Å²) in [6, 6.07) is 11.1. The van der Waals surface area contributed by atoms with Gasteiger partial charge in [-0.1, -0.05) is 6.07 Å². The molecule has 1 unspecified atom stereocenters. The maximum absolute atomic E-state index is 12.1. The van der Waals surface area contributed by atoms with Crippen LogP contribution in [0, 0.1) is 13.8 Å². The number of ether oxygens (including phenoxy) is 3. The second-order valence-electron chi connectivity index (χ2n) is 5.85. The molecule has 138 valence electrons. The molecule has 0 radical (unpaired) electrons. The Morgan fingerprint density at radius 1 is 1.04 bits per heavy atom. The molecule has 1 amide bonds. The number of hydrogen-bond acceptors (Lipinski definition) is 5. The van der Waals surface area contributed by atoms with Crippen molar-refractivity contribution in [2.45, 2.75) is 26.9 Å². The van der Waals surface area contributed by atoms with Crippen LogP contribution in [-0.2, 0) is 4.79 Å². The highest BCUT2D eigenvalue weighted by Gasteiger charge is 2.14. The number of methoxy groups -OCH3 is 2. The van der Waals surface area contributed by atoms with Gasteiger partial charge in [0.1, 0.15) is 5.75 Å². The number of rotatable bonds is 7. The number of nitrogens with zero attached hydrogens (tertiary/aromatic N) is 1. The van der Waals surface area contributed by atoms with Gasteiger partial charge in [0.2, 0.25) is 0 Å². The summed E-state index contributed by atoms with van der Waals surface area (Å²) in [6.45, 7) is 5.70. The molecule has 6 heteroatoms. The SMILES string of the molecule is COc1ccc(/C=N/NC(=O)C(C)Oc2ccc(C)c(C)c2)cc1OC.